The summed E-state index contributed by atoms with van der Waals surface area (Å²) in [6, 6.07) is 4.32. The summed E-state index contributed by atoms with van der Waals surface area (Å²) in [6.07, 6.45) is 3.62. The largest absolute Gasteiger partial charge is 0.343 e. The van der Waals surface area contributed by atoms with Crippen LogP contribution in [0.15, 0.2) is 29.2 Å². The first kappa shape index (κ1) is 26.5. The number of sulfonamides is 1. The molecule has 2 aliphatic heterocycles. The highest BCUT2D eigenvalue weighted by molar-refractivity contribution is 7.89. The van der Waals surface area contributed by atoms with Gasteiger partial charge in [-0.05, 0) is 49.7 Å². The summed E-state index contributed by atoms with van der Waals surface area (Å²) >= 11 is 0. The third kappa shape index (κ3) is 4.64. The number of hydrogen-bond donors (Lipinski definition) is 0. The van der Waals surface area contributed by atoms with E-state index < -0.39 is 21.0 Å². The zero-order chi connectivity index (χ0) is 27.4. The number of fused-ring (bicyclic) bond motifs is 1. The smallest absolute Gasteiger partial charge is 0.269 e. The molecule has 2 fully saturated rings. The SMILES string of the molecule is CC(=O)N1CCC(n2nc([C@H]3CCCN3S(=O)(=O)c3ccc([N+](=O)[O-])cc3)c3c2CC(C)(C)CC3=O)CC1. The van der Waals surface area contributed by atoms with Gasteiger partial charge >= 0.3 is 0 Å². The number of likely N-dealkylation sites (tertiary alicyclic amines) is 1. The van der Waals surface area contributed by atoms with E-state index in [1.165, 1.54) is 28.6 Å². The minimum Gasteiger partial charge on any atom is -0.343 e. The van der Waals surface area contributed by atoms with Gasteiger partial charge in [0.2, 0.25) is 15.9 Å². The third-order valence-corrected chi connectivity index (χ3v) is 9.95. The maximum Gasteiger partial charge on any atom is 0.269 e. The number of carbonyl (C=O) groups is 2. The van der Waals surface area contributed by atoms with Gasteiger partial charge in [-0.25, -0.2) is 8.42 Å². The van der Waals surface area contributed by atoms with Crippen molar-refractivity contribution < 1.29 is 22.9 Å². The maximum absolute atomic E-state index is 13.7. The fourth-order valence-corrected chi connectivity index (χ4v) is 7.80. The summed E-state index contributed by atoms with van der Waals surface area (Å²) in [5.41, 5.74) is 1.51. The van der Waals surface area contributed by atoms with Gasteiger partial charge in [-0.1, -0.05) is 13.8 Å². The third-order valence-electron chi connectivity index (χ3n) is 8.03. The van der Waals surface area contributed by atoms with Gasteiger partial charge in [0.25, 0.3) is 5.69 Å². The Morgan fingerprint density at radius 1 is 1.08 bits per heavy atom. The van der Waals surface area contributed by atoms with Crippen molar-refractivity contribution in [2.45, 2.75) is 76.3 Å². The maximum atomic E-state index is 13.7. The number of aromatic nitrogens is 2. The summed E-state index contributed by atoms with van der Waals surface area (Å²) in [7, 11) is -3.97. The average Bonchev–Trinajstić information content (AvgIpc) is 3.49. The fraction of sp³-hybridized carbons (Fsp3) is 0.577. The van der Waals surface area contributed by atoms with E-state index in [1.807, 2.05) is 9.58 Å². The summed E-state index contributed by atoms with van der Waals surface area (Å²) in [5.74, 6) is 0.0271. The van der Waals surface area contributed by atoms with Crippen LogP contribution in [0, 0.1) is 15.5 Å². The molecule has 11 nitrogen and oxygen atoms in total. The lowest BCUT2D eigenvalue weighted by Gasteiger charge is -2.34. The second-order valence-corrected chi connectivity index (χ2v) is 13.2. The van der Waals surface area contributed by atoms with Crippen LogP contribution in [0.1, 0.15) is 86.7 Å². The van der Waals surface area contributed by atoms with Crippen LogP contribution < -0.4 is 0 Å². The first-order chi connectivity index (χ1) is 17.9. The van der Waals surface area contributed by atoms with Crippen LogP contribution in [0.3, 0.4) is 0 Å². The predicted molar refractivity (Wildman–Crippen MR) is 138 cm³/mol. The Kier molecular flexibility index (Phi) is 6.67. The molecule has 1 amide bonds. The summed E-state index contributed by atoms with van der Waals surface area (Å²) in [4.78, 5) is 37.6. The number of nitrogens with zero attached hydrogens (tertiary/aromatic N) is 5. The van der Waals surface area contributed by atoms with Crippen molar-refractivity contribution in [1.29, 1.82) is 0 Å². The molecule has 0 radical (unpaired) electrons. The van der Waals surface area contributed by atoms with Crippen LogP contribution in [-0.2, 0) is 21.2 Å². The van der Waals surface area contributed by atoms with E-state index in [0.717, 1.165) is 18.5 Å². The number of benzene rings is 1. The van der Waals surface area contributed by atoms with E-state index in [4.69, 9.17) is 5.10 Å². The van der Waals surface area contributed by atoms with Crippen molar-refractivity contribution in [3.05, 3.63) is 51.3 Å². The zero-order valence-electron chi connectivity index (χ0n) is 21.9. The molecule has 12 heteroatoms. The molecule has 5 rings (SSSR count). The minimum absolute atomic E-state index is 0.0155. The molecule has 3 aliphatic rings. The molecule has 2 aromatic rings. The minimum atomic E-state index is -3.97. The first-order valence-electron chi connectivity index (χ1n) is 13.1. The van der Waals surface area contributed by atoms with E-state index in [2.05, 4.69) is 13.8 Å². The number of nitro benzene ring substituents is 1. The Hall–Kier alpha value is -3.12. The molecule has 1 aromatic heterocycles. The molecular weight excluding hydrogens is 510 g/mol. The van der Waals surface area contributed by atoms with Gasteiger partial charge in [-0.3, -0.25) is 24.4 Å². The van der Waals surface area contributed by atoms with Crippen LogP contribution in [0.5, 0.6) is 0 Å². The molecule has 1 aliphatic carbocycles. The monoisotopic (exact) mass is 543 g/mol. The quantitative estimate of drug-likeness (QED) is 0.415. The second kappa shape index (κ2) is 9.57. The molecule has 1 atom stereocenters. The number of amides is 1. The van der Waals surface area contributed by atoms with Gasteiger partial charge in [0.05, 0.1) is 38.9 Å². The summed E-state index contributed by atoms with van der Waals surface area (Å²) in [5, 5.41) is 16.0. The van der Waals surface area contributed by atoms with E-state index in [1.54, 1.807) is 6.92 Å². The van der Waals surface area contributed by atoms with Crippen molar-refractivity contribution in [2.24, 2.45) is 5.41 Å². The number of ketones is 1. The van der Waals surface area contributed by atoms with Crippen molar-refractivity contribution in [2.75, 3.05) is 19.6 Å². The van der Waals surface area contributed by atoms with Crippen LogP contribution >= 0.6 is 0 Å². The number of hydrogen-bond acceptors (Lipinski definition) is 7. The first-order valence-corrected chi connectivity index (χ1v) is 14.5. The molecule has 2 saturated heterocycles. The topological polar surface area (TPSA) is 136 Å². The molecule has 0 N–H and O–H groups in total. The number of Topliss-reactive ketones (excluding diaryl/α,β-unsaturated/α-hetero) is 1. The highest BCUT2D eigenvalue weighted by Gasteiger charge is 2.44. The molecule has 0 spiro atoms. The van der Waals surface area contributed by atoms with Gasteiger partial charge in [0.1, 0.15) is 0 Å². The van der Waals surface area contributed by atoms with E-state index >= 15 is 0 Å². The van der Waals surface area contributed by atoms with Crippen LogP contribution in [0.2, 0.25) is 0 Å². The number of non-ortho nitro benzene ring substituents is 1. The molecule has 0 saturated carbocycles. The van der Waals surface area contributed by atoms with Crippen molar-refractivity contribution in [3.63, 3.8) is 0 Å². The van der Waals surface area contributed by atoms with Crippen LogP contribution in [-0.4, -0.2) is 63.7 Å². The number of carbonyl (C=O) groups excluding carboxylic acids is 2. The highest BCUT2D eigenvalue weighted by atomic mass is 32.2. The van der Waals surface area contributed by atoms with E-state index in [0.29, 0.717) is 50.0 Å². The molecule has 0 bridgehead atoms. The highest BCUT2D eigenvalue weighted by Crippen LogP contribution is 2.44. The van der Waals surface area contributed by atoms with Gasteiger partial charge in [-0.2, -0.15) is 9.40 Å². The number of rotatable bonds is 5. The Morgan fingerprint density at radius 2 is 1.74 bits per heavy atom. The van der Waals surface area contributed by atoms with Gasteiger partial charge < -0.3 is 4.90 Å². The second-order valence-electron chi connectivity index (χ2n) is 11.4. The normalized spacial score (nSPS) is 22.4. The van der Waals surface area contributed by atoms with Crippen LogP contribution in [0.25, 0.3) is 0 Å². The Morgan fingerprint density at radius 3 is 2.34 bits per heavy atom. The van der Waals surface area contributed by atoms with E-state index in [-0.39, 0.29) is 40.3 Å². The van der Waals surface area contributed by atoms with Crippen LogP contribution in [0.4, 0.5) is 5.69 Å². The van der Waals surface area contributed by atoms with E-state index in [9.17, 15) is 28.1 Å². The Labute approximate surface area is 222 Å². The fourth-order valence-electron chi connectivity index (χ4n) is 6.14. The molecule has 38 heavy (non-hydrogen) atoms. The van der Waals surface area contributed by atoms with Gasteiger partial charge in [-0.15, -0.1) is 0 Å². The summed E-state index contributed by atoms with van der Waals surface area (Å²) in [6.45, 7) is 7.20. The molecule has 204 valence electrons. The molecule has 1 aromatic carbocycles. The van der Waals surface area contributed by atoms with Crippen molar-refractivity contribution >= 4 is 27.4 Å². The number of nitro groups is 1. The van der Waals surface area contributed by atoms with Gasteiger partial charge in [0, 0.05) is 45.1 Å². The number of piperidine rings is 1. The molecule has 3 heterocycles. The van der Waals surface area contributed by atoms with Crippen molar-refractivity contribution in [3.8, 4) is 0 Å². The van der Waals surface area contributed by atoms with Gasteiger partial charge in [0.15, 0.2) is 5.78 Å². The molecule has 0 unspecified atom stereocenters. The lowest BCUT2D eigenvalue weighted by atomic mass is 9.75. The zero-order valence-corrected chi connectivity index (χ0v) is 22.7. The molecular formula is C26H33N5O6S. The van der Waals surface area contributed by atoms with Crippen molar-refractivity contribution in [1.82, 2.24) is 19.0 Å². The average molecular weight is 544 g/mol. The standard InChI is InChI=1S/C26H33N5O6S/c1-17(32)28-13-10-18(11-14-28)30-22-15-26(2,3)16-23(33)24(22)25(27-30)21-5-4-12-29(21)38(36,37)20-8-6-19(7-9-20)31(34)35/h6-9,18,21H,4-5,10-16H2,1-3H3/t21-/m1/s1. The lowest BCUT2D eigenvalue weighted by molar-refractivity contribution is -0.384. The lowest BCUT2D eigenvalue weighted by Crippen LogP contribution is -2.38. The Bertz CT molecular complexity index is 1390. The Balaban J connectivity index is 1.53. The predicted octanol–water partition coefficient (Wildman–Crippen LogP) is 3.66. The summed E-state index contributed by atoms with van der Waals surface area (Å²) < 4.78 is 30.7.